The minimum absolute atomic E-state index is 0.124. The van der Waals surface area contributed by atoms with Crippen LogP contribution in [0.1, 0.15) is 34.1 Å². The van der Waals surface area contributed by atoms with Crippen molar-refractivity contribution in [2.24, 2.45) is 0 Å². The normalized spacial score (nSPS) is 17.2. The van der Waals surface area contributed by atoms with Gasteiger partial charge in [-0.25, -0.2) is 0 Å². The molecule has 0 aromatic carbocycles. The average molecular weight is 267 g/mol. The predicted octanol–water partition coefficient (Wildman–Crippen LogP) is 1.54. The van der Waals surface area contributed by atoms with Crippen LogP contribution in [0.3, 0.4) is 0 Å². The molecule has 19 heavy (non-hydrogen) atoms. The Bertz CT molecular complexity index is 364. The fraction of sp³-hybridized carbons (Fsp3) is 0.643. The van der Waals surface area contributed by atoms with Gasteiger partial charge in [-0.05, 0) is 45.8 Å². The highest BCUT2D eigenvalue weighted by Gasteiger charge is 2.20. The van der Waals surface area contributed by atoms with E-state index in [-0.39, 0.29) is 5.91 Å². The lowest BCUT2D eigenvalue weighted by atomic mass is 10.1. The first-order valence-corrected chi connectivity index (χ1v) is 6.81. The van der Waals surface area contributed by atoms with Crippen molar-refractivity contribution in [2.45, 2.75) is 46.3 Å². The molecule has 1 rings (SSSR count). The summed E-state index contributed by atoms with van der Waals surface area (Å²) in [4.78, 5) is 19.2. The predicted molar refractivity (Wildman–Crippen MR) is 76.0 cm³/mol. The molecule has 0 aromatic rings. The smallest absolute Gasteiger partial charge is 0.251 e. The number of hydroxylamine groups is 1. The number of hydrogen-bond acceptors (Lipinski definition) is 4. The van der Waals surface area contributed by atoms with Gasteiger partial charge in [0.05, 0.1) is 0 Å². The van der Waals surface area contributed by atoms with E-state index in [4.69, 9.17) is 4.84 Å². The highest BCUT2D eigenvalue weighted by molar-refractivity contribution is 5.80. The Balaban J connectivity index is 2.58. The fourth-order valence-corrected chi connectivity index (χ4v) is 1.88. The van der Waals surface area contributed by atoms with Crippen LogP contribution in [0, 0.1) is 0 Å². The van der Waals surface area contributed by atoms with Gasteiger partial charge in [0, 0.05) is 19.1 Å². The third-order valence-electron chi connectivity index (χ3n) is 3.01. The number of carbonyl (C=O) groups excluding carboxylic acids is 1. The molecule has 1 aliphatic rings. The lowest BCUT2D eigenvalue weighted by Gasteiger charge is -2.35. The molecule has 1 aliphatic heterocycles. The quantitative estimate of drug-likeness (QED) is 0.717. The number of rotatable bonds is 6. The topological polar surface area (TPSA) is 53.6 Å². The van der Waals surface area contributed by atoms with Gasteiger partial charge < -0.3 is 10.2 Å². The first-order valence-electron chi connectivity index (χ1n) is 6.81. The summed E-state index contributed by atoms with van der Waals surface area (Å²) in [5.74, 6) is 0.740. The van der Waals surface area contributed by atoms with Gasteiger partial charge in [-0.3, -0.25) is 15.1 Å². The van der Waals surface area contributed by atoms with E-state index in [1.807, 2.05) is 13.0 Å². The number of carbonyl (C=O) groups is 1. The van der Waals surface area contributed by atoms with Crippen molar-refractivity contribution in [3.63, 3.8) is 0 Å². The van der Waals surface area contributed by atoms with E-state index in [1.54, 1.807) is 6.92 Å². The van der Waals surface area contributed by atoms with Crippen LogP contribution in [-0.4, -0.2) is 36.0 Å². The molecule has 1 atom stereocenters. The van der Waals surface area contributed by atoms with Gasteiger partial charge in [0.15, 0.2) is 6.10 Å². The molecule has 0 aliphatic carbocycles. The second-order valence-corrected chi connectivity index (χ2v) is 4.98. The number of nitrogens with one attached hydrogen (secondary N) is 2. The molecule has 0 fully saturated rings. The molecule has 0 saturated carbocycles. The van der Waals surface area contributed by atoms with Gasteiger partial charge in [0.25, 0.3) is 5.91 Å². The number of likely N-dealkylation sites (N-methyl/N-ethyl adjacent to an activating group) is 1. The summed E-state index contributed by atoms with van der Waals surface area (Å²) in [6.07, 6.45) is 2.38. The Morgan fingerprint density at radius 3 is 2.79 bits per heavy atom. The van der Waals surface area contributed by atoms with Gasteiger partial charge in [0.1, 0.15) is 5.82 Å². The Morgan fingerprint density at radius 2 is 2.21 bits per heavy atom. The molecule has 0 radical (unpaired) electrons. The van der Waals surface area contributed by atoms with Crippen LogP contribution in [0.25, 0.3) is 0 Å². The Hall–Kier alpha value is -1.49. The second kappa shape index (κ2) is 7.19. The first-order chi connectivity index (χ1) is 8.95. The summed E-state index contributed by atoms with van der Waals surface area (Å²) in [6, 6.07) is 0.371. The SMILES string of the molecule is C=C1C=C(NOC(C)C(=O)NCC)N(C(C)C)CC1. The molecular formula is C14H25N3O2. The van der Waals surface area contributed by atoms with E-state index < -0.39 is 6.10 Å². The molecule has 0 saturated heterocycles. The maximum Gasteiger partial charge on any atom is 0.251 e. The van der Waals surface area contributed by atoms with Crippen LogP contribution >= 0.6 is 0 Å². The summed E-state index contributed by atoms with van der Waals surface area (Å²) >= 11 is 0. The van der Waals surface area contributed by atoms with E-state index in [0.29, 0.717) is 12.6 Å². The van der Waals surface area contributed by atoms with E-state index in [0.717, 1.165) is 24.4 Å². The highest BCUT2D eigenvalue weighted by atomic mass is 16.7. The average Bonchev–Trinajstić information content (AvgIpc) is 2.35. The minimum Gasteiger partial charge on any atom is -0.354 e. The molecule has 0 bridgehead atoms. The lowest BCUT2D eigenvalue weighted by molar-refractivity contribution is -0.136. The minimum atomic E-state index is -0.537. The van der Waals surface area contributed by atoms with Crippen LogP contribution in [0.2, 0.25) is 0 Å². The van der Waals surface area contributed by atoms with Crippen molar-refractivity contribution in [1.82, 2.24) is 15.7 Å². The van der Waals surface area contributed by atoms with E-state index in [1.165, 1.54) is 0 Å². The maximum absolute atomic E-state index is 11.6. The third kappa shape index (κ3) is 4.59. The van der Waals surface area contributed by atoms with Crippen LogP contribution < -0.4 is 10.8 Å². The largest absolute Gasteiger partial charge is 0.354 e. The summed E-state index contributed by atoms with van der Waals surface area (Å²) in [5, 5.41) is 2.72. The molecule has 5 heteroatoms. The third-order valence-corrected chi connectivity index (χ3v) is 3.01. The van der Waals surface area contributed by atoms with Crippen molar-refractivity contribution < 1.29 is 9.63 Å². The first kappa shape index (κ1) is 15.6. The molecule has 1 heterocycles. The van der Waals surface area contributed by atoms with Crippen LogP contribution in [0.5, 0.6) is 0 Å². The zero-order valence-corrected chi connectivity index (χ0v) is 12.3. The standard InChI is InChI=1S/C14H25N3O2/c1-6-15-14(18)12(5)19-16-13-9-11(4)7-8-17(13)10(2)3/h9-10,12,16H,4,6-8H2,1-3,5H3,(H,15,18). The number of hydrogen-bond donors (Lipinski definition) is 2. The molecular weight excluding hydrogens is 242 g/mol. The highest BCUT2D eigenvalue weighted by Crippen LogP contribution is 2.18. The molecule has 1 unspecified atom stereocenters. The van der Waals surface area contributed by atoms with Gasteiger partial charge in [-0.1, -0.05) is 6.58 Å². The summed E-state index contributed by atoms with van der Waals surface area (Å²) in [5.41, 5.74) is 3.95. The van der Waals surface area contributed by atoms with Crippen LogP contribution in [0.4, 0.5) is 0 Å². The monoisotopic (exact) mass is 267 g/mol. The van der Waals surface area contributed by atoms with Crippen LogP contribution in [0.15, 0.2) is 24.0 Å². The van der Waals surface area contributed by atoms with Crippen molar-refractivity contribution in [3.05, 3.63) is 24.0 Å². The van der Waals surface area contributed by atoms with E-state index >= 15 is 0 Å². The zero-order valence-electron chi connectivity index (χ0n) is 12.3. The lowest BCUT2D eigenvalue weighted by Crippen LogP contribution is -2.43. The second-order valence-electron chi connectivity index (χ2n) is 4.98. The summed E-state index contributed by atoms with van der Waals surface area (Å²) in [7, 11) is 0. The Morgan fingerprint density at radius 1 is 1.53 bits per heavy atom. The van der Waals surface area contributed by atoms with Crippen molar-refractivity contribution >= 4 is 5.91 Å². The van der Waals surface area contributed by atoms with Gasteiger partial charge >= 0.3 is 0 Å². The number of allylic oxidation sites excluding steroid dienone is 1. The zero-order chi connectivity index (χ0) is 14.4. The molecule has 0 aromatic heterocycles. The van der Waals surface area contributed by atoms with Crippen molar-refractivity contribution in [1.29, 1.82) is 0 Å². The van der Waals surface area contributed by atoms with Gasteiger partial charge in [-0.2, -0.15) is 0 Å². The fourth-order valence-electron chi connectivity index (χ4n) is 1.88. The number of amides is 1. The van der Waals surface area contributed by atoms with E-state index in [2.05, 4.69) is 36.1 Å². The molecule has 5 nitrogen and oxygen atoms in total. The maximum atomic E-state index is 11.6. The Labute approximate surface area is 115 Å². The molecule has 1 amide bonds. The van der Waals surface area contributed by atoms with Crippen molar-refractivity contribution in [2.75, 3.05) is 13.1 Å². The molecule has 2 N–H and O–H groups in total. The van der Waals surface area contributed by atoms with Crippen LogP contribution in [-0.2, 0) is 9.63 Å². The van der Waals surface area contributed by atoms with Crippen molar-refractivity contribution in [3.8, 4) is 0 Å². The van der Waals surface area contributed by atoms with E-state index in [9.17, 15) is 4.79 Å². The van der Waals surface area contributed by atoms with Gasteiger partial charge in [0.2, 0.25) is 0 Å². The molecule has 108 valence electrons. The van der Waals surface area contributed by atoms with Gasteiger partial charge in [-0.15, -0.1) is 0 Å². The Kier molecular flexibility index (Phi) is 5.89. The summed E-state index contributed by atoms with van der Waals surface area (Å²) in [6.45, 7) is 13.3. The number of nitrogens with zero attached hydrogens (tertiary/aromatic N) is 1. The summed E-state index contributed by atoms with van der Waals surface area (Å²) < 4.78 is 0. The molecule has 0 spiro atoms.